The summed E-state index contributed by atoms with van der Waals surface area (Å²) in [4.78, 5) is 13.9. The first-order valence-electron chi connectivity index (χ1n) is 11.0. The van der Waals surface area contributed by atoms with Crippen LogP contribution >= 0.6 is 0 Å². The van der Waals surface area contributed by atoms with E-state index >= 15 is 0 Å². The molecule has 3 rings (SSSR count). The van der Waals surface area contributed by atoms with Gasteiger partial charge in [-0.3, -0.25) is 9.40 Å². The van der Waals surface area contributed by atoms with Crippen molar-refractivity contribution in [2.75, 3.05) is 23.3 Å². The number of nitrogens with one attached hydrogen (secondary N) is 1. The summed E-state index contributed by atoms with van der Waals surface area (Å²) in [5.41, 5.74) is 2.49. The van der Waals surface area contributed by atoms with Crippen LogP contribution in [0.3, 0.4) is 0 Å². The number of carbonyl (C=O) groups is 1. The molecule has 0 radical (unpaired) electrons. The summed E-state index contributed by atoms with van der Waals surface area (Å²) in [5.74, 6) is -0.584. The number of aryl methyl sites for hydroxylation is 2. The molecule has 9 nitrogen and oxygen atoms in total. The maximum atomic E-state index is 12.8. The Bertz CT molecular complexity index is 1250. The van der Waals surface area contributed by atoms with Gasteiger partial charge in [-0.2, -0.15) is 5.10 Å². The van der Waals surface area contributed by atoms with Crippen LogP contribution in [-0.2, 0) is 23.1 Å². The van der Waals surface area contributed by atoms with Crippen molar-refractivity contribution < 1.29 is 23.1 Å². The highest BCUT2D eigenvalue weighted by atomic mass is 32.2. The molecule has 182 valence electrons. The molecule has 1 aromatic heterocycles. The third-order valence-corrected chi connectivity index (χ3v) is 6.55. The Morgan fingerprint density at radius 1 is 1.15 bits per heavy atom. The zero-order chi connectivity index (χ0) is 24.9. The Morgan fingerprint density at radius 2 is 1.85 bits per heavy atom. The smallest absolute Gasteiger partial charge is 0.337 e. The molecule has 0 saturated carbocycles. The molecule has 3 aromatic rings. The average Bonchev–Trinajstić information content (AvgIpc) is 3.12. The molecule has 2 aromatic carbocycles. The molecule has 2 N–H and O–H groups in total. The maximum absolute atomic E-state index is 12.8. The Kier molecular flexibility index (Phi) is 7.83. The predicted octanol–water partition coefficient (Wildman–Crippen LogP) is 4.14. The first kappa shape index (κ1) is 25.1. The highest BCUT2D eigenvalue weighted by molar-refractivity contribution is 7.92. The minimum absolute atomic E-state index is 0.00678. The molecule has 0 amide bonds. The number of hydrogen-bond donors (Lipinski definition) is 2. The topological polar surface area (TPSA) is 114 Å². The minimum atomic E-state index is -3.90. The Balaban J connectivity index is 1.84. The molecule has 0 aliphatic carbocycles. The van der Waals surface area contributed by atoms with Gasteiger partial charge in [0.15, 0.2) is 0 Å². The second-order valence-corrected chi connectivity index (χ2v) is 9.59. The quantitative estimate of drug-likeness (QED) is 0.419. The number of sulfonamides is 1. The monoisotopic (exact) mass is 486 g/mol. The van der Waals surface area contributed by atoms with Gasteiger partial charge < -0.3 is 14.7 Å². The first-order valence-corrected chi connectivity index (χ1v) is 12.5. The molecular formula is C24H30N4O5S. The van der Waals surface area contributed by atoms with Crippen molar-refractivity contribution in [3.8, 4) is 5.75 Å². The third kappa shape index (κ3) is 5.88. The van der Waals surface area contributed by atoms with Crippen molar-refractivity contribution in [3.63, 3.8) is 0 Å². The molecule has 0 saturated heterocycles. The van der Waals surface area contributed by atoms with Crippen molar-refractivity contribution in [2.24, 2.45) is 0 Å². The normalized spacial score (nSPS) is 11.3. The fraction of sp³-hybridized carbons (Fsp3) is 0.333. The second kappa shape index (κ2) is 10.6. The van der Waals surface area contributed by atoms with E-state index < -0.39 is 16.0 Å². The summed E-state index contributed by atoms with van der Waals surface area (Å²) in [6.07, 6.45) is 0.932. The van der Waals surface area contributed by atoms with Crippen molar-refractivity contribution in [2.45, 2.75) is 45.2 Å². The second-order valence-electron chi connectivity index (χ2n) is 7.90. The summed E-state index contributed by atoms with van der Waals surface area (Å²) in [5, 5.41) is 14.3. The highest BCUT2D eigenvalue weighted by Gasteiger charge is 2.19. The number of benzene rings is 2. The Morgan fingerprint density at radius 3 is 2.47 bits per heavy atom. The van der Waals surface area contributed by atoms with Crippen molar-refractivity contribution in [1.82, 2.24) is 9.78 Å². The van der Waals surface area contributed by atoms with E-state index in [0.717, 1.165) is 24.4 Å². The van der Waals surface area contributed by atoms with Gasteiger partial charge in [-0.1, -0.05) is 6.92 Å². The Labute approximate surface area is 200 Å². The fourth-order valence-electron chi connectivity index (χ4n) is 3.66. The van der Waals surface area contributed by atoms with E-state index in [9.17, 15) is 18.3 Å². The van der Waals surface area contributed by atoms with Crippen LogP contribution in [0.5, 0.6) is 5.75 Å². The fourth-order valence-corrected chi connectivity index (χ4v) is 4.71. The number of hydrogen-bond acceptors (Lipinski definition) is 6. The summed E-state index contributed by atoms with van der Waals surface area (Å²) in [6.45, 7) is 7.54. The van der Waals surface area contributed by atoms with Gasteiger partial charge in [-0.25, -0.2) is 13.2 Å². The lowest BCUT2D eigenvalue weighted by atomic mass is 10.1. The largest absolute Gasteiger partial charge is 0.494 e. The van der Waals surface area contributed by atoms with Gasteiger partial charge in [0.05, 0.1) is 40.7 Å². The van der Waals surface area contributed by atoms with E-state index in [1.165, 1.54) is 18.2 Å². The van der Waals surface area contributed by atoms with Crippen LogP contribution in [0.2, 0.25) is 0 Å². The summed E-state index contributed by atoms with van der Waals surface area (Å²) < 4.78 is 35.3. The first-order chi connectivity index (χ1) is 16.1. The lowest BCUT2D eigenvalue weighted by Crippen LogP contribution is -2.22. The van der Waals surface area contributed by atoms with Crippen molar-refractivity contribution >= 4 is 27.4 Å². The molecule has 34 heavy (non-hydrogen) atoms. The van der Waals surface area contributed by atoms with Crippen LogP contribution in [0, 0.1) is 6.92 Å². The zero-order valence-electron chi connectivity index (χ0n) is 19.8. The van der Waals surface area contributed by atoms with Gasteiger partial charge in [-0.15, -0.1) is 0 Å². The van der Waals surface area contributed by atoms with E-state index in [-0.39, 0.29) is 16.1 Å². The van der Waals surface area contributed by atoms with E-state index in [0.29, 0.717) is 24.6 Å². The molecule has 0 spiro atoms. The predicted molar refractivity (Wildman–Crippen MR) is 131 cm³/mol. The van der Waals surface area contributed by atoms with Crippen LogP contribution in [0.1, 0.15) is 42.0 Å². The summed E-state index contributed by atoms with van der Waals surface area (Å²) in [6, 6.07) is 12.5. The molecule has 0 fully saturated rings. The molecule has 0 bridgehead atoms. The van der Waals surface area contributed by atoms with E-state index in [2.05, 4.69) is 16.7 Å². The van der Waals surface area contributed by atoms with Gasteiger partial charge in [0.25, 0.3) is 10.0 Å². The lowest BCUT2D eigenvalue weighted by Gasteiger charge is -2.22. The molecule has 0 unspecified atom stereocenters. The number of aromatic nitrogens is 2. The molecule has 0 aliphatic heterocycles. The molecule has 0 atom stereocenters. The van der Waals surface area contributed by atoms with E-state index in [1.807, 2.05) is 29.5 Å². The molecular weight excluding hydrogens is 456 g/mol. The van der Waals surface area contributed by atoms with E-state index in [1.54, 1.807) is 31.3 Å². The Hall–Kier alpha value is -3.53. The SMILES string of the molecule is CCCn1nc(C)cc1CN(C)c1ccc(NS(=O)(=O)c2ccc(OCC)cc2)cc1C(=O)O. The summed E-state index contributed by atoms with van der Waals surface area (Å²) in [7, 11) is -2.11. The van der Waals surface area contributed by atoms with E-state index in [4.69, 9.17) is 4.74 Å². The van der Waals surface area contributed by atoms with Crippen LogP contribution in [0.15, 0.2) is 53.4 Å². The number of anilines is 2. The van der Waals surface area contributed by atoms with Crippen LogP contribution < -0.4 is 14.4 Å². The third-order valence-electron chi connectivity index (χ3n) is 5.16. The lowest BCUT2D eigenvalue weighted by molar-refractivity contribution is 0.0697. The average molecular weight is 487 g/mol. The summed E-state index contributed by atoms with van der Waals surface area (Å²) >= 11 is 0. The van der Waals surface area contributed by atoms with Gasteiger partial charge in [0, 0.05) is 19.3 Å². The van der Waals surface area contributed by atoms with Gasteiger partial charge in [0.1, 0.15) is 5.75 Å². The minimum Gasteiger partial charge on any atom is -0.494 e. The number of carboxylic acid groups (broad SMARTS) is 1. The van der Waals surface area contributed by atoms with Gasteiger partial charge in [-0.05, 0) is 68.8 Å². The number of carboxylic acids is 1. The van der Waals surface area contributed by atoms with Crippen molar-refractivity contribution in [1.29, 1.82) is 0 Å². The van der Waals surface area contributed by atoms with Gasteiger partial charge >= 0.3 is 5.97 Å². The maximum Gasteiger partial charge on any atom is 0.337 e. The zero-order valence-corrected chi connectivity index (χ0v) is 20.6. The molecule has 1 heterocycles. The van der Waals surface area contributed by atoms with Crippen LogP contribution in [-0.4, -0.2) is 42.9 Å². The van der Waals surface area contributed by atoms with Crippen LogP contribution in [0.4, 0.5) is 11.4 Å². The van der Waals surface area contributed by atoms with Crippen LogP contribution in [0.25, 0.3) is 0 Å². The highest BCUT2D eigenvalue weighted by Crippen LogP contribution is 2.27. The van der Waals surface area contributed by atoms with Gasteiger partial charge in [0.2, 0.25) is 0 Å². The molecule has 10 heteroatoms. The standard InChI is InChI=1S/C24H30N4O5S/c1-5-13-28-19(14-17(3)25-28)16-27(4)23-12-7-18(15-22(23)24(29)30)26-34(31,32)21-10-8-20(9-11-21)33-6-2/h7-12,14-15,26H,5-6,13,16H2,1-4H3,(H,29,30). The number of ether oxygens (including phenoxy) is 1. The number of aromatic carboxylic acids is 1. The number of rotatable bonds is 11. The van der Waals surface area contributed by atoms with Crippen molar-refractivity contribution in [3.05, 3.63) is 65.5 Å². The number of nitrogens with zero attached hydrogens (tertiary/aromatic N) is 3. The molecule has 0 aliphatic rings.